The van der Waals surface area contributed by atoms with Crippen LogP contribution >= 0.6 is 0 Å². The first-order valence-corrected chi connectivity index (χ1v) is 13.7. The van der Waals surface area contributed by atoms with E-state index in [1.165, 1.54) is 62.7 Å². The average Bonchev–Trinajstić information content (AvgIpc) is 2.84. The highest BCUT2D eigenvalue weighted by atomic mass is 16.5. The Balaban J connectivity index is 0.999. The van der Waals surface area contributed by atoms with E-state index in [0.29, 0.717) is 5.92 Å². The lowest BCUT2D eigenvalue weighted by atomic mass is 9.48. The number of anilines is 2. The highest BCUT2D eigenvalue weighted by molar-refractivity contribution is 5.77. The molecule has 5 fully saturated rings. The van der Waals surface area contributed by atoms with Gasteiger partial charge in [-0.25, -0.2) is 0 Å². The lowest BCUT2D eigenvalue weighted by molar-refractivity contribution is -0.127. The summed E-state index contributed by atoms with van der Waals surface area (Å²) in [5.74, 6) is 5.30. The van der Waals surface area contributed by atoms with Crippen LogP contribution in [0.25, 0.3) is 0 Å². The smallest absolute Gasteiger partial charge is 0.151 e. The number of para-hydroxylation sites is 4. The van der Waals surface area contributed by atoms with Crippen molar-refractivity contribution < 1.29 is 9.84 Å². The van der Waals surface area contributed by atoms with Gasteiger partial charge < -0.3 is 19.6 Å². The Morgan fingerprint density at radius 3 is 1.91 bits per heavy atom. The summed E-state index contributed by atoms with van der Waals surface area (Å²) >= 11 is 0. The molecule has 6 aliphatic rings. The first kappa shape index (κ1) is 21.3. The van der Waals surface area contributed by atoms with Crippen molar-refractivity contribution in [2.24, 2.45) is 29.1 Å². The van der Waals surface area contributed by atoms with Crippen molar-refractivity contribution in [3.8, 4) is 11.5 Å². The van der Waals surface area contributed by atoms with Crippen LogP contribution in [0.4, 0.5) is 11.4 Å². The number of fused-ring (bicyclic) bond motifs is 2. The Labute approximate surface area is 203 Å². The van der Waals surface area contributed by atoms with Crippen LogP contribution in [0.15, 0.2) is 48.5 Å². The van der Waals surface area contributed by atoms with Crippen molar-refractivity contribution >= 4 is 11.4 Å². The van der Waals surface area contributed by atoms with Gasteiger partial charge in [-0.2, -0.15) is 0 Å². The highest BCUT2D eigenvalue weighted by Gasteiger charge is 2.54. The lowest BCUT2D eigenvalue weighted by Crippen LogP contribution is -2.55. The second-order valence-electron chi connectivity index (χ2n) is 12.2. The molecule has 1 saturated heterocycles. The van der Waals surface area contributed by atoms with Crippen LogP contribution in [-0.2, 0) is 0 Å². The molecule has 2 heterocycles. The van der Waals surface area contributed by atoms with Crippen molar-refractivity contribution in [1.29, 1.82) is 0 Å². The summed E-state index contributed by atoms with van der Waals surface area (Å²) < 4.78 is 6.18. The van der Waals surface area contributed by atoms with Crippen molar-refractivity contribution in [3.05, 3.63) is 48.5 Å². The molecule has 4 bridgehead atoms. The van der Waals surface area contributed by atoms with Crippen LogP contribution in [0, 0.1) is 29.1 Å². The Kier molecular flexibility index (Phi) is 5.17. The average molecular weight is 459 g/mol. The Morgan fingerprint density at radius 2 is 1.35 bits per heavy atom. The van der Waals surface area contributed by atoms with E-state index < -0.39 is 0 Å². The molecule has 34 heavy (non-hydrogen) atoms. The van der Waals surface area contributed by atoms with Crippen molar-refractivity contribution in [3.63, 3.8) is 0 Å². The molecule has 0 spiro atoms. The molecule has 1 N–H and O–H groups in total. The third-order valence-corrected chi connectivity index (χ3v) is 9.90. The van der Waals surface area contributed by atoms with E-state index in [2.05, 4.69) is 58.3 Å². The van der Waals surface area contributed by atoms with Gasteiger partial charge in [0.2, 0.25) is 0 Å². The van der Waals surface area contributed by atoms with Gasteiger partial charge in [-0.3, -0.25) is 0 Å². The first-order valence-electron chi connectivity index (χ1n) is 13.7. The summed E-state index contributed by atoms with van der Waals surface area (Å²) in [5, 5.41) is 11.4. The summed E-state index contributed by atoms with van der Waals surface area (Å²) in [4.78, 5) is 5.04. The monoisotopic (exact) mass is 458 g/mol. The second kappa shape index (κ2) is 8.27. The fourth-order valence-corrected chi connectivity index (χ4v) is 8.61. The summed E-state index contributed by atoms with van der Waals surface area (Å²) in [6, 6.07) is 16.8. The molecule has 1 unspecified atom stereocenters. The number of hydrogen-bond acceptors (Lipinski definition) is 4. The molecule has 2 aliphatic heterocycles. The largest absolute Gasteiger partial charge is 0.453 e. The first-order chi connectivity index (χ1) is 16.6. The predicted molar refractivity (Wildman–Crippen MR) is 136 cm³/mol. The number of aliphatic hydroxyl groups excluding tert-OH is 1. The van der Waals surface area contributed by atoms with Gasteiger partial charge in [0.05, 0.1) is 17.5 Å². The highest BCUT2D eigenvalue weighted by Crippen LogP contribution is 2.61. The number of ether oxygens (including phenoxy) is 1. The topological polar surface area (TPSA) is 35.9 Å². The maximum Gasteiger partial charge on any atom is 0.151 e. The maximum atomic E-state index is 11.4. The lowest BCUT2D eigenvalue weighted by Gasteiger charge is -2.59. The molecule has 0 radical (unpaired) electrons. The van der Waals surface area contributed by atoms with Gasteiger partial charge >= 0.3 is 0 Å². The SMILES string of the molecule is OC(CN1CCC(CN2c3ccccc3Oc3ccccc32)CC1)C12CC3CC(CC(C3)C1)C2. The zero-order valence-electron chi connectivity index (χ0n) is 20.2. The number of benzene rings is 2. The Hall–Kier alpha value is -2.04. The van der Waals surface area contributed by atoms with Crippen LogP contribution in [-0.4, -0.2) is 42.3 Å². The quantitative estimate of drug-likeness (QED) is 0.577. The van der Waals surface area contributed by atoms with Crippen LogP contribution < -0.4 is 9.64 Å². The van der Waals surface area contributed by atoms with Crippen LogP contribution in [0.1, 0.15) is 51.4 Å². The molecular weight excluding hydrogens is 420 g/mol. The van der Waals surface area contributed by atoms with Gasteiger partial charge in [0.1, 0.15) is 0 Å². The molecule has 2 aromatic carbocycles. The number of rotatable bonds is 5. The van der Waals surface area contributed by atoms with Crippen LogP contribution in [0.5, 0.6) is 11.5 Å². The van der Waals surface area contributed by atoms with E-state index in [1.54, 1.807) is 0 Å². The summed E-state index contributed by atoms with van der Waals surface area (Å²) in [5.41, 5.74) is 2.61. The van der Waals surface area contributed by atoms with Crippen molar-refractivity contribution in [2.45, 2.75) is 57.5 Å². The molecule has 180 valence electrons. The molecule has 0 aromatic heterocycles. The van der Waals surface area contributed by atoms with E-state index in [0.717, 1.165) is 55.4 Å². The minimum absolute atomic E-state index is 0.129. The molecule has 0 amide bonds. The Bertz CT molecular complexity index is 963. The number of nitrogens with zero attached hydrogens (tertiary/aromatic N) is 2. The fraction of sp³-hybridized carbons (Fsp3) is 0.600. The van der Waals surface area contributed by atoms with Gasteiger partial charge in [0, 0.05) is 13.1 Å². The minimum Gasteiger partial charge on any atom is -0.453 e. The van der Waals surface area contributed by atoms with E-state index in [9.17, 15) is 5.11 Å². The fourth-order valence-electron chi connectivity index (χ4n) is 8.61. The molecule has 1 atom stereocenters. The van der Waals surface area contributed by atoms with Crippen molar-refractivity contribution in [1.82, 2.24) is 4.90 Å². The molecule has 4 heteroatoms. The number of aliphatic hydroxyl groups is 1. The van der Waals surface area contributed by atoms with Gasteiger partial charge in [-0.1, -0.05) is 24.3 Å². The van der Waals surface area contributed by atoms with Gasteiger partial charge in [-0.05, 0) is 118 Å². The standard InChI is InChI=1S/C30H38N2O2/c33-29(30-16-22-13-23(17-30)15-24(14-22)18-30)20-31-11-9-21(10-12-31)19-32-25-5-1-3-7-27(25)34-28-8-4-2-6-26(28)32/h1-8,21-24,29,33H,9-20H2. The summed E-state index contributed by atoms with van der Waals surface area (Å²) in [6.45, 7) is 4.15. The number of likely N-dealkylation sites (tertiary alicyclic amines) is 1. The number of piperidine rings is 1. The molecule has 4 nitrogen and oxygen atoms in total. The zero-order chi connectivity index (χ0) is 22.7. The third kappa shape index (κ3) is 3.65. The molecular formula is C30H38N2O2. The van der Waals surface area contributed by atoms with Gasteiger partial charge in [-0.15, -0.1) is 0 Å². The predicted octanol–water partition coefficient (Wildman–Crippen LogP) is 6.22. The normalized spacial score (nSPS) is 33.3. The Morgan fingerprint density at radius 1 is 0.824 bits per heavy atom. The van der Waals surface area contributed by atoms with E-state index >= 15 is 0 Å². The molecule has 2 aromatic rings. The van der Waals surface area contributed by atoms with Gasteiger partial charge in [0.25, 0.3) is 0 Å². The minimum atomic E-state index is -0.129. The number of β-amino-alcohol motifs (C(OH)–C–C–N with tert-alkyl or cyclic N) is 1. The van der Waals surface area contributed by atoms with E-state index in [1.807, 2.05) is 0 Å². The summed E-state index contributed by atoms with van der Waals surface area (Å²) in [6.07, 6.45) is 10.5. The second-order valence-corrected chi connectivity index (χ2v) is 12.2. The summed E-state index contributed by atoms with van der Waals surface area (Å²) in [7, 11) is 0. The zero-order valence-corrected chi connectivity index (χ0v) is 20.2. The third-order valence-electron chi connectivity index (χ3n) is 9.90. The molecule has 4 aliphatic carbocycles. The van der Waals surface area contributed by atoms with Crippen LogP contribution in [0.2, 0.25) is 0 Å². The number of hydrogen-bond donors (Lipinski definition) is 1. The van der Waals surface area contributed by atoms with E-state index in [4.69, 9.17) is 4.74 Å². The van der Waals surface area contributed by atoms with Crippen molar-refractivity contribution in [2.75, 3.05) is 31.1 Å². The maximum absolute atomic E-state index is 11.4. The van der Waals surface area contributed by atoms with Crippen LogP contribution in [0.3, 0.4) is 0 Å². The molecule has 4 saturated carbocycles. The van der Waals surface area contributed by atoms with E-state index in [-0.39, 0.29) is 11.5 Å². The molecule has 8 rings (SSSR count). The van der Waals surface area contributed by atoms with Gasteiger partial charge in [0.15, 0.2) is 11.5 Å².